The average molecular weight is 364 g/mol. The van der Waals surface area contributed by atoms with E-state index in [1.807, 2.05) is 12.1 Å². The Balaban J connectivity index is 1.41. The van der Waals surface area contributed by atoms with Crippen molar-refractivity contribution >= 4 is 5.91 Å². The van der Waals surface area contributed by atoms with Gasteiger partial charge in [-0.15, -0.1) is 0 Å². The van der Waals surface area contributed by atoms with Crippen molar-refractivity contribution in [3.63, 3.8) is 0 Å². The number of nitrogens with one attached hydrogen (secondary N) is 2. The van der Waals surface area contributed by atoms with E-state index in [-0.39, 0.29) is 5.91 Å². The fourth-order valence-electron chi connectivity index (χ4n) is 4.30. The number of methoxy groups -OCH3 is 1. The van der Waals surface area contributed by atoms with Crippen molar-refractivity contribution in [3.05, 3.63) is 64.2 Å². The topological polar surface area (TPSA) is 50.4 Å². The number of fused-ring (bicyclic) bond motifs is 1. The van der Waals surface area contributed by atoms with Gasteiger partial charge < -0.3 is 15.4 Å². The van der Waals surface area contributed by atoms with Gasteiger partial charge >= 0.3 is 0 Å². The van der Waals surface area contributed by atoms with Gasteiger partial charge in [-0.3, -0.25) is 4.79 Å². The van der Waals surface area contributed by atoms with Gasteiger partial charge in [0, 0.05) is 24.2 Å². The van der Waals surface area contributed by atoms with Crippen LogP contribution in [-0.2, 0) is 19.4 Å². The summed E-state index contributed by atoms with van der Waals surface area (Å²) >= 11 is 0. The normalized spacial score (nSPS) is 18.8. The number of hydrogen-bond donors (Lipinski definition) is 2. The van der Waals surface area contributed by atoms with E-state index >= 15 is 0 Å². The first-order valence-electron chi connectivity index (χ1n) is 10.0. The lowest BCUT2D eigenvalue weighted by Crippen LogP contribution is -2.28. The highest BCUT2D eigenvalue weighted by atomic mass is 16.5. The molecule has 0 radical (unpaired) electrons. The molecule has 142 valence electrons. The quantitative estimate of drug-likeness (QED) is 0.853. The lowest BCUT2D eigenvalue weighted by molar-refractivity contribution is 0.0950. The zero-order valence-electron chi connectivity index (χ0n) is 16.0. The summed E-state index contributed by atoms with van der Waals surface area (Å²) in [5.41, 5.74) is 5.86. The summed E-state index contributed by atoms with van der Waals surface area (Å²) in [7, 11) is 1.70. The number of amides is 1. The summed E-state index contributed by atoms with van der Waals surface area (Å²) in [6, 6.07) is 12.4. The van der Waals surface area contributed by atoms with Crippen molar-refractivity contribution in [3.8, 4) is 5.75 Å². The molecule has 1 aliphatic carbocycles. The highest BCUT2D eigenvalue weighted by Gasteiger charge is 2.17. The van der Waals surface area contributed by atoms with E-state index in [0.717, 1.165) is 37.2 Å². The van der Waals surface area contributed by atoms with Crippen LogP contribution in [0.4, 0.5) is 0 Å². The van der Waals surface area contributed by atoms with Crippen LogP contribution >= 0.6 is 0 Å². The zero-order chi connectivity index (χ0) is 18.6. The highest BCUT2D eigenvalue weighted by Crippen LogP contribution is 2.30. The molecular weight excluding hydrogens is 336 g/mol. The average Bonchev–Trinajstić information content (AvgIpc) is 3.19. The lowest BCUT2D eigenvalue weighted by atomic mass is 9.91. The van der Waals surface area contributed by atoms with Crippen LogP contribution in [0.5, 0.6) is 5.75 Å². The van der Waals surface area contributed by atoms with E-state index in [9.17, 15) is 4.79 Å². The molecule has 2 aromatic carbocycles. The number of piperidine rings is 1. The number of ether oxygens (including phenoxy) is 1. The van der Waals surface area contributed by atoms with Crippen molar-refractivity contribution in [2.45, 2.75) is 44.6 Å². The van der Waals surface area contributed by atoms with E-state index < -0.39 is 0 Å². The monoisotopic (exact) mass is 364 g/mol. The first kappa shape index (κ1) is 18.1. The summed E-state index contributed by atoms with van der Waals surface area (Å²) in [6.07, 6.45) is 5.89. The minimum atomic E-state index is -0.0362. The van der Waals surface area contributed by atoms with E-state index in [1.165, 1.54) is 36.0 Å². The fraction of sp³-hybridized carbons (Fsp3) is 0.435. The molecule has 4 nitrogen and oxygen atoms in total. The molecule has 0 saturated carbocycles. The second kappa shape index (κ2) is 8.13. The van der Waals surface area contributed by atoms with Crippen molar-refractivity contribution in [2.24, 2.45) is 0 Å². The van der Waals surface area contributed by atoms with Gasteiger partial charge in [0.05, 0.1) is 7.11 Å². The van der Waals surface area contributed by atoms with Crippen molar-refractivity contribution in [1.82, 2.24) is 10.6 Å². The third-order valence-corrected chi connectivity index (χ3v) is 5.88. The summed E-state index contributed by atoms with van der Waals surface area (Å²) in [5, 5.41) is 6.50. The van der Waals surface area contributed by atoms with Crippen LogP contribution in [0.15, 0.2) is 36.4 Å². The second-order valence-electron chi connectivity index (χ2n) is 7.63. The first-order chi connectivity index (χ1) is 13.2. The SMILES string of the molecule is COc1cc2c(cc1CNC(=O)c1ccc(C3CCCNC3)cc1)CCC2. The van der Waals surface area contributed by atoms with Gasteiger partial charge in [-0.1, -0.05) is 18.2 Å². The van der Waals surface area contributed by atoms with Crippen LogP contribution in [0.1, 0.15) is 57.8 Å². The van der Waals surface area contributed by atoms with Gasteiger partial charge in [-0.05, 0) is 79.5 Å². The minimum Gasteiger partial charge on any atom is -0.496 e. The maximum Gasteiger partial charge on any atom is 0.251 e. The van der Waals surface area contributed by atoms with Crippen LogP contribution in [0.2, 0.25) is 0 Å². The minimum absolute atomic E-state index is 0.0362. The molecule has 0 bridgehead atoms. The van der Waals surface area contributed by atoms with Gasteiger partial charge in [0.1, 0.15) is 5.75 Å². The lowest BCUT2D eigenvalue weighted by Gasteiger charge is -2.23. The molecule has 1 fully saturated rings. The number of hydrogen-bond acceptors (Lipinski definition) is 3. The Hall–Kier alpha value is -2.33. The Morgan fingerprint density at radius 3 is 2.63 bits per heavy atom. The molecule has 1 saturated heterocycles. The predicted molar refractivity (Wildman–Crippen MR) is 107 cm³/mol. The van der Waals surface area contributed by atoms with Gasteiger partial charge in [0.2, 0.25) is 0 Å². The molecule has 1 aliphatic heterocycles. The zero-order valence-corrected chi connectivity index (χ0v) is 16.0. The number of carbonyl (C=O) groups excluding carboxylic acids is 1. The molecule has 1 amide bonds. The van der Waals surface area contributed by atoms with Gasteiger partial charge in [-0.2, -0.15) is 0 Å². The molecule has 2 aromatic rings. The Bertz CT molecular complexity index is 808. The predicted octanol–water partition coefficient (Wildman–Crippen LogP) is 3.58. The summed E-state index contributed by atoms with van der Waals surface area (Å²) in [4.78, 5) is 12.6. The molecule has 4 heteroatoms. The highest BCUT2D eigenvalue weighted by molar-refractivity contribution is 5.94. The second-order valence-corrected chi connectivity index (χ2v) is 7.63. The Kier molecular flexibility index (Phi) is 5.44. The summed E-state index contributed by atoms with van der Waals surface area (Å²) < 4.78 is 5.53. The fourth-order valence-corrected chi connectivity index (χ4v) is 4.30. The van der Waals surface area contributed by atoms with Gasteiger partial charge in [0.15, 0.2) is 0 Å². The van der Waals surface area contributed by atoms with Crippen LogP contribution < -0.4 is 15.4 Å². The maximum absolute atomic E-state index is 12.6. The maximum atomic E-state index is 12.6. The third kappa shape index (κ3) is 4.01. The molecule has 1 unspecified atom stereocenters. The summed E-state index contributed by atoms with van der Waals surface area (Å²) in [6.45, 7) is 2.64. The molecular formula is C23H28N2O2. The standard InChI is InChI=1S/C23H28N2O2/c1-27-22-13-19-5-2-4-18(19)12-21(22)15-25-23(26)17-9-7-16(8-10-17)20-6-3-11-24-14-20/h7-10,12-13,20,24H,2-6,11,14-15H2,1H3,(H,25,26). The van der Waals surface area contributed by atoms with Gasteiger partial charge in [-0.25, -0.2) is 0 Å². The van der Waals surface area contributed by atoms with Crippen molar-refractivity contribution < 1.29 is 9.53 Å². The molecule has 1 heterocycles. The van der Waals surface area contributed by atoms with Gasteiger partial charge in [0.25, 0.3) is 5.91 Å². The van der Waals surface area contributed by atoms with Crippen LogP contribution in [0, 0.1) is 0 Å². The number of rotatable bonds is 5. The van der Waals surface area contributed by atoms with E-state index in [4.69, 9.17) is 4.74 Å². The molecule has 2 aliphatic rings. The van der Waals surface area contributed by atoms with Crippen molar-refractivity contribution in [1.29, 1.82) is 0 Å². The number of aryl methyl sites for hydroxylation is 2. The van der Waals surface area contributed by atoms with E-state index in [2.05, 4.69) is 34.9 Å². The Morgan fingerprint density at radius 1 is 1.15 bits per heavy atom. The van der Waals surface area contributed by atoms with Crippen molar-refractivity contribution in [2.75, 3.05) is 20.2 Å². The molecule has 4 rings (SSSR count). The third-order valence-electron chi connectivity index (χ3n) is 5.88. The molecule has 27 heavy (non-hydrogen) atoms. The molecule has 1 atom stereocenters. The summed E-state index contributed by atoms with van der Waals surface area (Å²) in [5.74, 6) is 1.40. The van der Waals surface area contributed by atoms with E-state index in [1.54, 1.807) is 7.11 Å². The molecule has 0 spiro atoms. The Morgan fingerprint density at radius 2 is 1.93 bits per heavy atom. The largest absolute Gasteiger partial charge is 0.496 e. The number of benzene rings is 2. The number of carbonyl (C=O) groups is 1. The van der Waals surface area contributed by atoms with Crippen LogP contribution in [0.25, 0.3) is 0 Å². The smallest absolute Gasteiger partial charge is 0.251 e. The first-order valence-corrected chi connectivity index (χ1v) is 10.0. The van der Waals surface area contributed by atoms with E-state index in [0.29, 0.717) is 18.0 Å². The molecule has 2 N–H and O–H groups in total. The Labute approximate surface area is 161 Å². The molecule has 0 aromatic heterocycles. The van der Waals surface area contributed by atoms with Crippen LogP contribution in [0.3, 0.4) is 0 Å². The van der Waals surface area contributed by atoms with Crippen LogP contribution in [-0.4, -0.2) is 26.1 Å².